The number of nitrogens with zero attached hydrogens (tertiary/aromatic N) is 2. The van der Waals surface area contributed by atoms with Gasteiger partial charge in [-0.15, -0.1) is 11.3 Å². The molecule has 0 aliphatic rings. The molecule has 0 saturated carbocycles. The first-order valence-corrected chi connectivity index (χ1v) is 9.46. The molecule has 0 bridgehead atoms. The van der Waals surface area contributed by atoms with E-state index in [9.17, 15) is 0 Å². The number of hydrogen-bond donors (Lipinski definition) is 1. The summed E-state index contributed by atoms with van der Waals surface area (Å²) >= 11 is 1.59. The van der Waals surface area contributed by atoms with Crippen molar-refractivity contribution in [1.29, 1.82) is 0 Å². The number of nitrogens with one attached hydrogen (secondary N) is 1. The Labute approximate surface area is 158 Å². The van der Waals surface area contributed by atoms with Crippen LogP contribution in [0.25, 0.3) is 11.3 Å². The second-order valence-corrected chi connectivity index (χ2v) is 7.18. The molecule has 5 nitrogen and oxygen atoms in total. The highest BCUT2D eigenvalue weighted by Gasteiger charge is 2.17. The Bertz CT molecular complexity index is 885. The van der Waals surface area contributed by atoms with Crippen molar-refractivity contribution >= 4 is 22.2 Å². The first-order valence-electron chi connectivity index (χ1n) is 8.58. The molecule has 0 fully saturated rings. The minimum Gasteiger partial charge on any atom is -0.495 e. The molecule has 3 aromatic rings. The summed E-state index contributed by atoms with van der Waals surface area (Å²) in [5, 5.41) is 6.29. The Kier molecular flexibility index (Phi) is 5.64. The fourth-order valence-corrected chi connectivity index (χ4v) is 4.07. The van der Waals surface area contributed by atoms with Gasteiger partial charge in [0.1, 0.15) is 5.75 Å². The highest BCUT2D eigenvalue weighted by Crippen LogP contribution is 2.34. The molecular weight excluding hydrogens is 346 g/mol. The van der Waals surface area contributed by atoms with Crippen LogP contribution in [0.1, 0.15) is 24.4 Å². The van der Waals surface area contributed by atoms with Gasteiger partial charge in [0, 0.05) is 29.4 Å². The number of hydrogen-bond acceptors (Lipinski definition) is 5. The van der Waals surface area contributed by atoms with Gasteiger partial charge in [-0.05, 0) is 39.0 Å². The van der Waals surface area contributed by atoms with Crippen LogP contribution in [0.3, 0.4) is 0 Å². The predicted molar refractivity (Wildman–Crippen MR) is 108 cm³/mol. The average Bonchev–Trinajstić information content (AvgIpc) is 3.19. The van der Waals surface area contributed by atoms with Crippen LogP contribution >= 0.6 is 11.3 Å². The van der Waals surface area contributed by atoms with E-state index in [1.165, 1.54) is 11.4 Å². The third kappa shape index (κ3) is 3.61. The molecular formula is C20H25N3O2S. The van der Waals surface area contributed by atoms with Gasteiger partial charge in [0.15, 0.2) is 5.13 Å². The van der Waals surface area contributed by atoms with Crippen LogP contribution in [-0.4, -0.2) is 30.4 Å². The van der Waals surface area contributed by atoms with E-state index in [4.69, 9.17) is 14.5 Å². The van der Waals surface area contributed by atoms with E-state index in [2.05, 4.69) is 42.1 Å². The molecule has 0 amide bonds. The molecule has 0 aliphatic heterocycles. The fourth-order valence-electron chi connectivity index (χ4n) is 3.35. The number of thiazole rings is 1. The van der Waals surface area contributed by atoms with Crippen molar-refractivity contribution < 1.29 is 9.47 Å². The van der Waals surface area contributed by atoms with Gasteiger partial charge in [-0.3, -0.25) is 0 Å². The quantitative estimate of drug-likeness (QED) is 0.621. The van der Waals surface area contributed by atoms with Crippen molar-refractivity contribution in [2.75, 3.05) is 26.1 Å². The van der Waals surface area contributed by atoms with E-state index in [1.807, 2.05) is 24.3 Å². The van der Waals surface area contributed by atoms with E-state index in [1.54, 1.807) is 25.6 Å². The fraction of sp³-hybridized carbons (Fsp3) is 0.350. The largest absolute Gasteiger partial charge is 0.495 e. The maximum Gasteiger partial charge on any atom is 0.187 e. The van der Waals surface area contributed by atoms with Gasteiger partial charge in [0.25, 0.3) is 0 Å². The number of aryl methyl sites for hydroxylation is 1. The zero-order valence-corrected chi connectivity index (χ0v) is 16.7. The summed E-state index contributed by atoms with van der Waals surface area (Å²) in [5.74, 6) is 0.802. The summed E-state index contributed by atoms with van der Waals surface area (Å²) in [6.45, 7) is 7.13. The van der Waals surface area contributed by atoms with E-state index < -0.39 is 0 Å². The number of rotatable bonds is 7. The number of aromatic nitrogens is 2. The van der Waals surface area contributed by atoms with Gasteiger partial charge in [-0.2, -0.15) is 0 Å². The average molecular weight is 372 g/mol. The molecule has 26 heavy (non-hydrogen) atoms. The van der Waals surface area contributed by atoms with Gasteiger partial charge >= 0.3 is 0 Å². The third-order valence-electron chi connectivity index (χ3n) is 4.46. The maximum absolute atomic E-state index is 5.40. The summed E-state index contributed by atoms with van der Waals surface area (Å²) < 4.78 is 13.0. The van der Waals surface area contributed by atoms with Crippen molar-refractivity contribution in [2.45, 2.75) is 26.8 Å². The zero-order valence-electron chi connectivity index (χ0n) is 15.9. The van der Waals surface area contributed by atoms with Crippen LogP contribution in [0.2, 0.25) is 0 Å². The summed E-state index contributed by atoms with van der Waals surface area (Å²) in [6.07, 6.45) is 0. The lowest BCUT2D eigenvalue weighted by Gasteiger charge is -2.17. The van der Waals surface area contributed by atoms with Gasteiger partial charge in [0.05, 0.1) is 31.1 Å². The lowest BCUT2D eigenvalue weighted by atomic mass is 10.2. The SMILES string of the molecule is COC[C@@H](C)n1c(C)cc(-c2csc(Nc3ccccc3OC)n2)c1C. The minimum atomic E-state index is 0.290. The van der Waals surface area contributed by atoms with Crippen molar-refractivity contribution in [3.8, 4) is 17.0 Å². The Balaban J connectivity index is 1.87. The van der Waals surface area contributed by atoms with Crippen molar-refractivity contribution in [1.82, 2.24) is 9.55 Å². The second kappa shape index (κ2) is 7.93. The summed E-state index contributed by atoms with van der Waals surface area (Å²) in [5.41, 5.74) is 5.48. The number of methoxy groups -OCH3 is 2. The Morgan fingerprint density at radius 1 is 1.23 bits per heavy atom. The normalized spacial score (nSPS) is 12.2. The Morgan fingerprint density at radius 2 is 2.00 bits per heavy atom. The van der Waals surface area contributed by atoms with Crippen molar-refractivity contribution in [2.24, 2.45) is 0 Å². The molecule has 0 saturated heterocycles. The molecule has 1 aromatic carbocycles. The molecule has 0 unspecified atom stereocenters. The van der Waals surface area contributed by atoms with Crippen LogP contribution in [0.15, 0.2) is 35.7 Å². The molecule has 0 aliphatic carbocycles. The predicted octanol–water partition coefficient (Wildman–Crippen LogP) is 5.19. The summed E-state index contributed by atoms with van der Waals surface area (Å²) in [6, 6.07) is 10.3. The lowest BCUT2D eigenvalue weighted by Crippen LogP contribution is -2.13. The first kappa shape index (κ1) is 18.5. The zero-order chi connectivity index (χ0) is 18.7. The number of para-hydroxylation sites is 2. The maximum atomic E-state index is 5.40. The highest BCUT2D eigenvalue weighted by atomic mass is 32.1. The molecule has 3 rings (SSSR count). The van der Waals surface area contributed by atoms with Gasteiger partial charge in [0.2, 0.25) is 0 Å². The molecule has 1 N–H and O–H groups in total. The topological polar surface area (TPSA) is 48.3 Å². The Morgan fingerprint density at radius 3 is 2.73 bits per heavy atom. The number of anilines is 2. The molecule has 0 spiro atoms. The molecule has 2 heterocycles. The molecule has 1 atom stereocenters. The Hall–Kier alpha value is -2.31. The van der Waals surface area contributed by atoms with Gasteiger partial charge < -0.3 is 19.4 Å². The van der Waals surface area contributed by atoms with Crippen LogP contribution in [0.5, 0.6) is 5.75 Å². The van der Waals surface area contributed by atoms with Gasteiger partial charge in [-0.1, -0.05) is 12.1 Å². The molecule has 0 radical (unpaired) electrons. The van der Waals surface area contributed by atoms with Crippen LogP contribution < -0.4 is 10.1 Å². The second-order valence-electron chi connectivity index (χ2n) is 6.32. The van der Waals surface area contributed by atoms with Crippen molar-refractivity contribution in [3.63, 3.8) is 0 Å². The van der Waals surface area contributed by atoms with E-state index in [-0.39, 0.29) is 0 Å². The molecule has 2 aromatic heterocycles. The molecule has 138 valence electrons. The van der Waals surface area contributed by atoms with Crippen LogP contribution in [0.4, 0.5) is 10.8 Å². The first-order chi connectivity index (χ1) is 12.5. The smallest absolute Gasteiger partial charge is 0.187 e. The van der Waals surface area contributed by atoms with E-state index >= 15 is 0 Å². The number of benzene rings is 1. The number of ether oxygens (including phenoxy) is 2. The van der Waals surface area contributed by atoms with E-state index in [0.717, 1.165) is 27.8 Å². The van der Waals surface area contributed by atoms with Crippen molar-refractivity contribution in [3.05, 3.63) is 47.1 Å². The van der Waals surface area contributed by atoms with Crippen LogP contribution in [-0.2, 0) is 4.74 Å². The standard InChI is InChI=1S/C20H25N3O2S/c1-13-10-16(15(3)23(13)14(2)11-24-4)18-12-26-20(22-18)21-17-8-6-7-9-19(17)25-5/h6-10,12,14H,11H2,1-5H3,(H,21,22)/t14-/m1/s1. The van der Waals surface area contributed by atoms with Gasteiger partial charge in [-0.25, -0.2) is 4.98 Å². The minimum absolute atomic E-state index is 0.290. The summed E-state index contributed by atoms with van der Waals surface area (Å²) in [4.78, 5) is 4.78. The summed E-state index contributed by atoms with van der Waals surface area (Å²) in [7, 11) is 3.41. The highest BCUT2D eigenvalue weighted by molar-refractivity contribution is 7.14. The monoisotopic (exact) mass is 371 g/mol. The van der Waals surface area contributed by atoms with Crippen LogP contribution in [0, 0.1) is 13.8 Å². The lowest BCUT2D eigenvalue weighted by molar-refractivity contribution is 0.161. The third-order valence-corrected chi connectivity index (χ3v) is 5.22. The molecule has 6 heteroatoms. The van der Waals surface area contributed by atoms with E-state index in [0.29, 0.717) is 12.6 Å².